The fourth-order valence-electron chi connectivity index (χ4n) is 3.93. The maximum absolute atomic E-state index is 13.5. The van der Waals surface area contributed by atoms with Crippen molar-refractivity contribution in [1.29, 1.82) is 0 Å². The summed E-state index contributed by atoms with van der Waals surface area (Å²) in [6.45, 7) is 4.69. The van der Waals surface area contributed by atoms with Crippen molar-refractivity contribution in [2.75, 3.05) is 25.7 Å². The number of fused-ring (bicyclic) bond motifs is 1. The van der Waals surface area contributed by atoms with Crippen molar-refractivity contribution in [3.8, 4) is 11.5 Å². The molecule has 4 rings (SSSR count). The molecule has 0 amide bonds. The molecule has 0 saturated heterocycles. The summed E-state index contributed by atoms with van der Waals surface area (Å²) in [4.78, 5) is 23.6. The van der Waals surface area contributed by atoms with Crippen LogP contribution in [0, 0.1) is 0 Å². The molecule has 0 aliphatic carbocycles. The number of carbonyl (C=O) groups is 1. The second-order valence-corrected chi connectivity index (χ2v) is 7.09. The number of methoxy groups -OCH3 is 2. The molecule has 7 nitrogen and oxygen atoms in total. The molecule has 2 N–H and O–H groups in total. The van der Waals surface area contributed by atoms with E-state index in [0.29, 0.717) is 35.9 Å². The Labute approximate surface area is 175 Å². The molecule has 0 spiro atoms. The van der Waals surface area contributed by atoms with Crippen LogP contribution < -0.4 is 19.7 Å². The van der Waals surface area contributed by atoms with Crippen molar-refractivity contribution in [2.45, 2.75) is 26.3 Å². The van der Waals surface area contributed by atoms with Gasteiger partial charge in [-0.1, -0.05) is 19.1 Å². The predicted molar refractivity (Wildman–Crippen MR) is 118 cm³/mol. The number of benzene rings is 2. The zero-order valence-corrected chi connectivity index (χ0v) is 17.7. The Morgan fingerprint density at radius 2 is 1.80 bits per heavy atom. The van der Waals surface area contributed by atoms with E-state index in [2.05, 4.69) is 10.3 Å². The van der Waals surface area contributed by atoms with Gasteiger partial charge in [-0.2, -0.15) is 0 Å². The van der Waals surface area contributed by atoms with E-state index in [1.54, 1.807) is 14.2 Å². The van der Waals surface area contributed by atoms with E-state index in [1.165, 1.54) is 0 Å². The van der Waals surface area contributed by atoms with Gasteiger partial charge < -0.3 is 24.7 Å². The van der Waals surface area contributed by atoms with Crippen LogP contribution in [-0.2, 0) is 4.79 Å². The highest BCUT2D eigenvalue weighted by Gasteiger charge is 2.41. The minimum absolute atomic E-state index is 0.0364. The summed E-state index contributed by atoms with van der Waals surface area (Å²) in [7, 11) is 3.23. The number of rotatable bonds is 7. The number of nitrogens with zero attached hydrogens (tertiary/aromatic N) is 2. The van der Waals surface area contributed by atoms with Crippen LogP contribution in [0.2, 0.25) is 0 Å². The van der Waals surface area contributed by atoms with Crippen molar-refractivity contribution in [3.05, 3.63) is 54.1 Å². The Morgan fingerprint density at radius 1 is 1.10 bits per heavy atom. The number of Topliss-reactive ketones (excluding diaryl/α,β-unsaturated/α-hetero) is 1. The molecule has 156 valence electrons. The van der Waals surface area contributed by atoms with Crippen LogP contribution in [0.5, 0.6) is 11.5 Å². The number of ether oxygens (including phenoxy) is 2. The number of para-hydroxylation sites is 2. The summed E-state index contributed by atoms with van der Waals surface area (Å²) in [6.07, 6.45) is 0.650. The number of hydrogen-bond donors (Lipinski definition) is 2. The Bertz CT molecular complexity index is 1060. The Hall–Kier alpha value is -3.48. The van der Waals surface area contributed by atoms with E-state index < -0.39 is 0 Å². The number of nitrogens with one attached hydrogen (secondary N) is 2. The van der Waals surface area contributed by atoms with E-state index in [1.807, 2.05) is 61.2 Å². The van der Waals surface area contributed by atoms with E-state index in [0.717, 1.165) is 22.5 Å². The first-order valence-corrected chi connectivity index (χ1v) is 10.1. The highest BCUT2D eigenvalue weighted by atomic mass is 16.5. The van der Waals surface area contributed by atoms with Gasteiger partial charge in [-0.3, -0.25) is 4.79 Å². The lowest BCUT2D eigenvalue weighted by molar-refractivity contribution is -0.114. The topological polar surface area (TPSA) is 79.5 Å². The van der Waals surface area contributed by atoms with Crippen LogP contribution in [-0.4, -0.2) is 42.6 Å². The van der Waals surface area contributed by atoms with Crippen molar-refractivity contribution in [3.63, 3.8) is 0 Å². The Kier molecular flexibility index (Phi) is 5.35. The van der Waals surface area contributed by atoms with Gasteiger partial charge in [-0.05, 0) is 25.5 Å². The second-order valence-electron chi connectivity index (χ2n) is 7.09. The number of aromatic nitrogens is 2. The molecular weight excluding hydrogens is 380 g/mol. The third kappa shape index (κ3) is 3.26. The largest absolute Gasteiger partial charge is 0.497 e. The van der Waals surface area contributed by atoms with Gasteiger partial charge in [-0.15, -0.1) is 0 Å². The maximum atomic E-state index is 13.5. The van der Waals surface area contributed by atoms with Gasteiger partial charge in [0, 0.05) is 24.7 Å². The van der Waals surface area contributed by atoms with Gasteiger partial charge in [0.05, 0.1) is 37.0 Å². The standard InChI is InChI=1S/C23H26N4O3/c1-5-19-21(28)20(22-25-17-9-7-8-10-18(17)26-22)23(24-6-2)27(19)14-11-15(29-3)13-16(12-14)30-4/h7-13,19,24H,5-6H2,1-4H3,(H,25,26)/t19-/m1/s1. The molecule has 30 heavy (non-hydrogen) atoms. The molecular formula is C23H26N4O3. The fraction of sp³-hybridized carbons (Fsp3) is 0.304. The molecule has 0 radical (unpaired) electrons. The number of H-pyrrole nitrogens is 1. The lowest BCUT2D eigenvalue weighted by Crippen LogP contribution is -2.37. The number of aromatic amines is 1. The highest BCUT2D eigenvalue weighted by molar-refractivity contribution is 6.28. The van der Waals surface area contributed by atoms with Gasteiger partial charge in [0.1, 0.15) is 28.7 Å². The number of carbonyl (C=O) groups excluding carboxylic acids is 1. The van der Waals surface area contributed by atoms with Gasteiger partial charge in [0.2, 0.25) is 0 Å². The first-order chi connectivity index (χ1) is 14.6. The molecule has 1 aliphatic rings. The first-order valence-electron chi connectivity index (χ1n) is 10.1. The number of imidazole rings is 1. The van der Waals surface area contributed by atoms with E-state index in [9.17, 15) is 4.79 Å². The van der Waals surface area contributed by atoms with Crippen LogP contribution in [0.1, 0.15) is 26.1 Å². The molecule has 3 aromatic rings. The quantitative estimate of drug-likeness (QED) is 0.623. The summed E-state index contributed by atoms with van der Waals surface area (Å²) < 4.78 is 10.9. The number of anilines is 1. The van der Waals surface area contributed by atoms with Crippen LogP contribution in [0.4, 0.5) is 5.69 Å². The fourth-order valence-corrected chi connectivity index (χ4v) is 3.93. The molecule has 0 bridgehead atoms. The molecule has 1 atom stereocenters. The molecule has 7 heteroatoms. The first kappa shape index (κ1) is 19.8. The van der Waals surface area contributed by atoms with Gasteiger partial charge >= 0.3 is 0 Å². The number of ketones is 1. The minimum atomic E-state index is -0.348. The zero-order chi connectivity index (χ0) is 21.3. The zero-order valence-electron chi connectivity index (χ0n) is 17.7. The van der Waals surface area contributed by atoms with Gasteiger partial charge in [0.25, 0.3) is 0 Å². The summed E-state index contributed by atoms with van der Waals surface area (Å²) in [5.41, 5.74) is 3.13. The molecule has 0 fully saturated rings. The molecule has 1 aromatic heterocycles. The monoisotopic (exact) mass is 406 g/mol. The van der Waals surface area contributed by atoms with Crippen LogP contribution in [0.25, 0.3) is 16.6 Å². The van der Waals surface area contributed by atoms with Crippen molar-refractivity contribution in [2.24, 2.45) is 0 Å². The summed E-state index contributed by atoms with van der Waals surface area (Å²) in [5.74, 6) is 2.69. The third-order valence-electron chi connectivity index (χ3n) is 5.31. The minimum Gasteiger partial charge on any atom is -0.497 e. The normalized spacial score (nSPS) is 16.5. The van der Waals surface area contributed by atoms with E-state index in [-0.39, 0.29) is 11.8 Å². The second kappa shape index (κ2) is 8.10. The molecule has 2 heterocycles. The molecule has 0 saturated carbocycles. The summed E-state index contributed by atoms with van der Waals surface area (Å²) in [6, 6.07) is 13.1. The average molecular weight is 406 g/mol. The van der Waals surface area contributed by atoms with Crippen molar-refractivity contribution >= 4 is 28.1 Å². The molecule has 2 aromatic carbocycles. The SMILES string of the molecule is CCNC1=C(c2nc3ccccc3[nH]2)C(=O)[C@@H](CC)N1c1cc(OC)cc(OC)c1. The summed E-state index contributed by atoms with van der Waals surface area (Å²) >= 11 is 0. The lowest BCUT2D eigenvalue weighted by Gasteiger charge is -2.29. The van der Waals surface area contributed by atoms with Crippen LogP contribution in [0.15, 0.2) is 48.3 Å². The third-order valence-corrected chi connectivity index (χ3v) is 5.31. The van der Waals surface area contributed by atoms with Crippen LogP contribution in [0.3, 0.4) is 0 Å². The Balaban J connectivity index is 1.91. The van der Waals surface area contributed by atoms with Crippen molar-refractivity contribution < 1.29 is 14.3 Å². The Morgan fingerprint density at radius 3 is 2.40 bits per heavy atom. The van der Waals surface area contributed by atoms with E-state index >= 15 is 0 Å². The average Bonchev–Trinajstić information content (AvgIpc) is 3.31. The molecule has 0 unspecified atom stereocenters. The summed E-state index contributed by atoms with van der Waals surface area (Å²) in [5, 5.41) is 3.40. The number of hydrogen-bond acceptors (Lipinski definition) is 6. The van der Waals surface area contributed by atoms with Crippen molar-refractivity contribution in [1.82, 2.24) is 15.3 Å². The maximum Gasteiger partial charge on any atom is 0.193 e. The van der Waals surface area contributed by atoms with Crippen LogP contribution >= 0.6 is 0 Å². The predicted octanol–water partition coefficient (Wildman–Crippen LogP) is 3.73. The van der Waals surface area contributed by atoms with Gasteiger partial charge in [-0.25, -0.2) is 4.98 Å². The highest BCUT2D eigenvalue weighted by Crippen LogP contribution is 2.39. The van der Waals surface area contributed by atoms with E-state index in [4.69, 9.17) is 14.5 Å². The molecule has 1 aliphatic heterocycles. The smallest absolute Gasteiger partial charge is 0.193 e. The van der Waals surface area contributed by atoms with Gasteiger partial charge in [0.15, 0.2) is 5.78 Å². The lowest BCUT2D eigenvalue weighted by atomic mass is 10.1.